The van der Waals surface area contributed by atoms with Crippen LogP contribution in [0, 0.1) is 35.0 Å². The summed E-state index contributed by atoms with van der Waals surface area (Å²) in [5.41, 5.74) is 3.47. The fourth-order valence-electron chi connectivity index (χ4n) is 7.89. The van der Waals surface area contributed by atoms with Crippen LogP contribution in [0.2, 0.25) is 0 Å². The van der Waals surface area contributed by atoms with Crippen LogP contribution in [0.25, 0.3) is 0 Å². The number of Topliss-reactive ketones (excluding diaryl/α,β-unsaturated/α-hetero) is 1. The van der Waals surface area contributed by atoms with Crippen LogP contribution >= 0.6 is 0 Å². The first kappa shape index (κ1) is 39.7. The Bertz CT molecular complexity index is 1350. The van der Waals surface area contributed by atoms with Crippen LogP contribution in [0.5, 0.6) is 0 Å². The molecule has 274 valence electrons. The Balaban J connectivity index is 1.89. The Morgan fingerprint density at radius 2 is 1.52 bits per heavy atom. The second-order valence-electron chi connectivity index (χ2n) is 17.6. The fraction of sp³-hybridized carbons (Fsp3) is 0.857. The first-order valence-corrected chi connectivity index (χ1v) is 19.3. The molecule has 5 N–H and O–H groups in total. The lowest BCUT2D eigenvalue weighted by molar-refractivity contribution is -0.144. The van der Waals surface area contributed by atoms with Crippen molar-refractivity contribution in [3.05, 3.63) is 0 Å². The van der Waals surface area contributed by atoms with E-state index in [1.54, 1.807) is 32.6 Å². The van der Waals surface area contributed by atoms with Gasteiger partial charge >= 0.3 is 6.03 Å². The minimum atomic E-state index is -3.61. The number of hydrogen-bond acceptors (Lipinski definition) is 7. The molecule has 1 heterocycles. The monoisotopic (exact) mass is 695 g/mol. The van der Waals surface area contributed by atoms with Crippen LogP contribution in [-0.4, -0.2) is 83.6 Å². The number of rotatable bonds is 13. The predicted octanol–water partition coefficient (Wildman–Crippen LogP) is 3.32. The highest BCUT2D eigenvalue weighted by atomic mass is 32.2. The second kappa shape index (κ2) is 14.6. The molecule has 0 bridgehead atoms. The summed E-state index contributed by atoms with van der Waals surface area (Å²) in [4.78, 5) is 68.6. The number of carbonyl (C=O) groups excluding carboxylic acids is 5. The van der Waals surface area contributed by atoms with Crippen LogP contribution in [0.4, 0.5) is 4.79 Å². The van der Waals surface area contributed by atoms with E-state index >= 15 is 0 Å². The number of sulfone groups is 1. The van der Waals surface area contributed by atoms with Crippen molar-refractivity contribution in [2.45, 2.75) is 143 Å². The van der Waals surface area contributed by atoms with Crippen molar-refractivity contribution in [2.24, 2.45) is 40.7 Å². The summed E-state index contributed by atoms with van der Waals surface area (Å²) in [7, 11) is -3.61. The molecule has 2 saturated carbocycles. The van der Waals surface area contributed by atoms with E-state index in [0.29, 0.717) is 19.4 Å². The maximum absolute atomic E-state index is 14.5. The maximum atomic E-state index is 14.5. The third-order valence-electron chi connectivity index (χ3n) is 10.7. The summed E-state index contributed by atoms with van der Waals surface area (Å²) in [6.07, 6.45) is 5.31. The SMILES string of the molecule is CC(C)C[C@@](C)(CS(=O)(=O)C(C)(C)C)NC(=O)N[C@H](C(=O)N1CC2CCC(C)C2[C@H]1C(=O)NC(CC1CCC1)C(=O)C(N)=O)C(C)(C)C. The zero-order valence-electron chi connectivity index (χ0n) is 30.8. The molecular weight excluding hydrogens is 634 g/mol. The largest absolute Gasteiger partial charge is 0.363 e. The van der Waals surface area contributed by atoms with Gasteiger partial charge in [-0.05, 0) is 82.0 Å². The lowest BCUT2D eigenvalue weighted by atomic mass is 9.80. The second-order valence-corrected chi connectivity index (χ2v) is 20.3. The van der Waals surface area contributed by atoms with Crippen LogP contribution in [-0.2, 0) is 29.0 Å². The smallest absolute Gasteiger partial charge is 0.315 e. The van der Waals surface area contributed by atoms with Gasteiger partial charge in [0.25, 0.3) is 5.91 Å². The van der Waals surface area contributed by atoms with E-state index in [1.165, 1.54) is 0 Å². The predicted molar refractivity (Wildman–Crippen MR) is 185 cm³/mol. The molecular formula is C35H61N5O7S. The van der Waals surface area contributed by atoms with Gasteiger partial charge in [0.05, 0.1) is 22.1 Å². The standard InChI is InChI=1S/C35H61N5O7S/c1-20(2)17-35(10,19-48(46,47)34(7,8)9)39-32(45)38-28(33(4,5)6)31(44)40-18-23-15-14-21(3)25(23)26(40)30(43)37-24(27(41)29(36)42)16-22-12-11-13-22/h20-26,28H,11-19H2,1-10H3,(H2,36,42)(H,37,43)(H2,38,39,45)/t21?,23?,24?,25?,26-,28+,35-/m0/s1. The van der Waals surface area contributed by atoms with Gasteiger partial charge in [-0.3, -0.25) is 19.2 Å². The zero-order chi connectivity index (χ0) is 36.6. The first-order valence-electron chi connectivity index (χ1n) is 17.6. The van der Waals surface area contributed by atoms with Gasteiger partial charge in [0, 0.05) is 6.54 Å². The van der Waals surface area contributed by atoms with Gasteiger partial charge in [0.1, 0.15) is 12.1 Å². The van der Waals surface area contributed by atoms with Crippen molar-refractivity contribution in [1.82, 2.24) is 20.9 Å². The third-order valence-corrected chi connectivity index (χ3v) is 13.5. The van der Waals surface area contributed by atoms with Crippen molar-refractivity contribution in [2.75, 3.05) is 12.3 Å². The Kier molecular flexibility index (Phi) is 12.1. The Morgan fingerprint density at radius 1 is 0.917 bits per heavy atom. The lowest BCUT2D eigenvalue weighted by Crippen LogP contribution is -2.63. The van der Waals surface area contributed by atoms with E-state index in [4.69, 9.17) is 5.73 Å². The average molecular weight is 696 g/mol. The highest BCUT2D eigenvalue weighted by Crippen LogP contribution is 2.46. The van der Waals surface area contributed by atoms with Crippen LogP contribution in [0.1, 0.15) is 114 Å². The Morgan fingerprint density at radius 3 is 2.00 bits per heavy atom. The summed E-state index contributed by atoms with van der Waals surface area (Å²) >= 11 is 0. The molecule has 1 aliphatic heterocycles. The van der Waals surface area contributed by atoms with Gasteiger partial charge in [0.2, 0.25) is 17.6 Å². The fourth-order valence-corrected chi connectivity index (χ4v) is 9.35. The number of nitrogens with one attached hydrogen (secondary N) is 3. The van der Waals surface area contributed by atoms with Gasteiger partial charge in [-0.15, -0.1) is 0 Å². The van der Waals surface area contributed by atoms with E-state index < -0.39 is 73.2 Å². The van der Waals surface area contributed by atoms with E-state index in [9.17, 15) is 32.4 Å². The summed E-state index contributed by atoms with van der Waals surface area (Å²) < 4.78 is 25.4. The van der Waals surface area contributed by atoms with Gasteiger partial charge in [0.15, 0.2) is 9.84 Å². The molecule has 7 atom stereocenters. The number of nitrogens with zero attached hydrogens (tertiary/aromatic N) is 1. The molecule has 3 rings (SSSR count). The summed E-state index contributed by atoms with van der Waals surface area (Å²) in [6, 6.07) is -3.67. The van der Waals surface area contributed by atoms with Crippen LogP contribution < -0.4 is 21.7 Å². The molecule has 5 amide bonds. The van der Waals surface area contributed by atoms with Crippen molar-refractivity contribution in [3.8, 4) is 0 Å². The lowest BCUT2D eigenvalue weighted by Gasteiger charge is -2.39. The van der Waals surface area contributed by atoms with E-state index in [1.807, 2.05) is 34.6 Å². The van der Waals surface area contributed by atoms with Gasteiger partial charge in [-0.25, -0.2) is 13.2 Å². The van der Waals surface area contributed by atoms with Gasteiger partial charge < -0.3 is 26.6 Å². The van der Waals surface area contributed by atoms with E-state index in [2.05, 4.69) is 22.9 Å². The molecule has 1 saturated heterocycles. The Hall–Kier alpha value is -2.70. The summed E-state index contributed by atoms with van der Waals surface area (Å²) in [5.74, 6) is -2.77. The summed E-state index contributed by atoms with van der Waals surface area (Å²) in [5, 5.41) is 8.57. The number of hydrogen-bond donors (Lipinski definition) is 4. The molecule has 12 nitrogen and oxygen atoms in total. The van der Waals surface area contributed by atoms with Crippen molar-refractivity contribution in [1.29, 1.82) is 0 Å². The number of likely N-dealkylation sites (tertiary alicyclic amines) is 1. The zero-order valence-corrected chi connectivity index (χ0v) is 31.6. The van der Waals surface area contributed by atoms with Crippen molar-refractivity contribution in [3.63, 3.8) is 0 Å². The highest BCUT2D eigenvalue weighted by molar-refractivity contribution is 7.92. The number of ketones is 1. The molecule has 0 spiro atoms. The molecule has 48 heavy (non-hydrogen) atoms. The van der Waals surface area contributed by atoms with Crippen molar-refractivity contribution >= 4 is 39.4 Å². The Labute approximate surface area is 287 Å². The number of fused-ring (bicyclic) bond motifs is 1. The number of nitrogens with two attached hydrogens (primary N) is 1. The third kappa shape index (κ3) is 9.29. The molecule has 0 aromatic carbocycles. The minimum Gasteiger partial charge on any atom is -0.363 e. The topological polar surface area (TPSA) is 185 Å². The number of carbonyl (C=O) groups is 5. The molecule has 3 fully saturated rings. The van der Waals surface area contributed by atoms with Crippen LogP contribution in [0.15, 0.2) is 0 Å². The average Bonchev–Trinajstić information content (AvgIpc) is 3.44. The first-order chi connectivity index (χ1) is 21.9. The molecule has 0 aromatic heterocycles. The molecule has 0 radical (unpaired) electrons. The van der Waals surface area contributed by atoms with E-state index in [0.717, 1.165) is 32.1 Å². The minimum absolute atomic E-state index is 0.0722. The van der Waals surface area contributed by atoms with Crippen molar-refractivity contribution < 1.29 is 32.4 Å². The summed E-state index contributed by atoms with van der Waals surface area (Å²) in [6.45, 7) is 18.4. The number of primary amides is 1. The van der Waals surface area contributed by atoms with Gasteiger partial charge in [-0.2, -0.15) is 0 Å². The van der Waals surface area contributed by atoms with Crippen LogP contribution in [0.3, 0.4) is 0 Å². The van der Waals surface area contributed by atoms with Gasteiger partial charge in [-0.1, -0.05) is 67.2 Å². The molecule has 2 aliphatic carbocycles. The number of amides is 5. The molecule has 4 unspecified atom stereocenters. The quantitative estimate of drug-likeness (QED) is 0.213. The highest BCUT2D eigenvalue weighted by Gasteiger charge is 2.54. The normalized spacial score (nSPS) is 25.8. The van der Waals surface area contributed by atoms with E-state index in [-0.39, 0.29) is 35.3 Å². The molecule has 3 aliphatic rings. The number of urea groups is 1. The molecule has 0 aromatic rings. The maximum Gasteiger partial charge on any atom is 0.315 e. The molecule has 13 heteroatoms.